The van der Waals surface area contributed by atoms with Crippen molar-refractivity contribution in [1.29, 1.82) is 0 Å². The summed E-state index contributed by atoms with van der Waals surface area (Å²) >= 11 is 0. The van der Waals surface area contributed by atoms with Crippen LogP contribution >= 0.6 is 0 Å². The highest BCUT2D eigenvalue weighted by Crippen LogP contribution is 2.28. The van der Waals surface area contributed by atoms with Gasteiger partial charge in [0.05, 0.1) is 13.4 Å². The summed E-state index contributed by atoms with van der Waals surface area (Å²) in [6.45, 7) is 3.46. The largest absolute Gasteiger partial charge is 0.493 e. The average Bonchev–Trinajstić information content (AvgIpc) is 2.52. The van der Waals surface area contributed by atoms with Gasteiger partial charge in [-0.2, -0.15) is 0 Å². The quantitative estimate of drug-likeness (QED) is 0.439. The average molecular weight is 292 g/mol. The second-order valence-electron chi connectivity index (χ2n) is 4.23. The first kappa shape index (κ1) is 16.8. The number of ether oxygens (including phenoxy) is 3. The fraction of sp³-hybridized carbons (Fsp3) is 0.375. The lowest BCUT2D eigenvalue weighted by molar-refractivity contribution is -0.137. The topological polar surface area (TPSA) is 61.8 Å². The molecular weight excluding hydrogens is 272 g/mol. The van der Waals surface area contributed by atoms with Gasteiger partial charge >= 0.3 is 11.9 Å². The van der Waals surface area contributed by atoms with Crippen molar-refractivity contribution in [1.82, 2.24) is 0 Å². The molecule has 0 aromatic heterocycles. The van der Waals surface area contributed by atoms with Gasteiger partial charge in [0.25, 0.3) is 0 Å². The first-order valence-corrected chi connectivity index (χ1v) is 6.82. The van der Waals surface area contributed by atoms with Crippen LogP contribution in [0.3, 0.4) is 0 Å². The molecule has 0 N–H and O–H groups in total. The zero-order valence-electron chi connectivity index (χ0n) is 12.5. The molecule has 0 radical (unpaired) electrons. The highest BCUT2D eigenvalue weighted by molar-refractivity contribution is 5.73. The number of hydrogen-bond acceptors (Lipinski definition) is 5. The Bertz CT molecular complexity index is 519. The zero-order chi connectivity index (χ0) is 15.7. The minimum atomic E-state index is -0.313. The summed E-state index contributed by atoms with van der Waals surface area (Å²) in [4.78, 5) is 22.3. The van der Waals surface area contributed by atoms with Crippen LogP contribution in [0.1, 0.15) is 32.3 Å². The van der Waals surface area contributed by atoms with Gasteiger partial charge in [0.15, 0.2) is 11.5 Å². The molecule has 5 nitrogen and oxygen atoms in total. The summed E-state index contributed by atoms with van der Waals surface area (Å²) in [6.07, 6.45) is 4.34. The summed E-state index contributed by atoms with van der Waals surface area (Å²) in [6, 6.07) is 5.30. The monoisotopic (exact) mass is 292 g/mol. The van der Waals surface area contributed by atoms with Crippen molar-refractivity contribution >= 4 is 11.9 Å². The molecule has 0 bridgehead atoms. The molecule has 0 saturated carbocycles. The fourth-order valence-corrected chi connectivity index (χ4v) is 1.51. The van der Waals surface area contributed by atoms with Gasteiger partial charge in [-0.3, -0.25) is 9.59 Å². The van der Waals surface area contributed by atoms with Gasteiger partial charge in [-0.05, 0) is 30.2 Å². The lowest BCUT2D eigenvalue weighted by Crippen LogP contribution is -2.06. The van der Waals surface area contributed by atoms with E-state index in [9.17, 15) is 9.59 Å². The van der Waals surface area contributed by atoms with Crippen LogP contribution in [-0.2, 0) is 20.7 Å². The number of benzene rings is 1. The molecule has 0 aliphatic carbocycles. The molecule has 5 heteroatoms. The molecule has 0 aliphatic heterocycles. The lowest BCUT2D eigenvalue weighted by Gasteiger charge is -2.09. The number of hydrogen-bond donors (Lipinski definition) is 0. The zero-order valence-corrected chi connectivity index (χ0v) is 12.5. The molecule has 0 aliphatic rings. The fourth-order valence-electron chi connectivity index (χ4n) is 1.51. The van der Waals surface area contributed by atoms with E-state index < -0.39 is 0 Å². The Hall–Kier alpha value is -2.30. The molecule has 0 spiro atoms. The first-order valence-electron chi connectivity index (χ1n) is 6.82. The first-order chi connectivity index (χ1) is 10.1. The SMILES string of the molecule is CCC(=O)O/C=C/Cc1ccc(OC(=O)CC)c(OC)c1. The van der Waals surface area contributed by atoms with E-state index in [1.54, 1.807) is 32.1 Å². The molecule has 1 rings (SSSR count). The molecule has 0 fully saturated rings. The van der Waals surface area contributed by atoms with E-state index in [4.69, 9.17) is 14.2 Å². The van der Waals surface area contributed by atoms with E-state index in [0.29, 0.717) is 30.8 Å². The molecule has 0 atom stereocenters. The van der Waals surface area contributed by atoms with E-state index in [1.165, 1.54) is 13.4 Å². The van der Waals surface area contributed by atoms with Crippen molar-refractivity contribution in [2.24, 2.45) is 0 Å². The Kier molecular flexibility index (Phi) is 7.01. The third kappa shape index (κ3) is 5.69. The van der Waals surface area contributed by atoms with Crippen molar-refractivity contribution in [3.05, 3.63) is 36.1 Å². The molecular formula is C16H20O5. The second-order valence-corrected chi connectivity index (χ2v) is 4.23. The summed E-state index contributed by atoms with van der Waals surface area (Å²) in [5, 5.41) is 0. The van der Waals surface area contributed by atoms with Crippen LogP contribution in [0.4, 0.5) is 0 Å². The predicted molar refractivity (Wildman–Crippen MR) is 78.1 cm³/mol. The van der Waals surface area contributed by atoms with Gasteiger partial charge < -0.3 is 14.2 Å². The summed E-state index contributed by atoms with van der Waals surface area (Å²) in [7, 11) is 1.52. The maximum atomic E-state index is 11.3. The standard InChI is InChI=1S/C16H20O5/c1-4-15(17)20-10-6-7-12-8-9-13(14(11-12)19-3)21-16(18)5-2/h6,8-11H,4-5,7H2,1-3H3/b10-6+. The Morgan fingerprint density at radius 1 is 1.10 bits per heavy atom. The summed E-state index contributed by atoms with van der Waals surface area (Å²) in [5.41, 5.74) is 0.951. The normalized spacial score (nSPS) is 10.4. The third-order valence-electron chi connectivity index (χ3n) is 2.68. The molecule has 0 unspecified atom stereocenters. The summed E-state index contributed by atoms with van der Waals surface area (Å²) < 4.78 is 15.2. The number of carbonyl (C=O) groups excluding carboxylic acids is 2. The van der Waals surface area contributed by atoms with Crippen molar-refractivity contribution in [2.75, 3.05) is 7.11 Å². The molecule has 21 heavy (non-hydrogen) atoms. The van der Waals surface area contributed by atoms with Crippen LogP contribution in [0, 0.1) is 0 Å². The number of methoxy groups -OCH3 is 1. The number of carbonyl (C=O) groups is 2. The van der Waals surface area contributed by atoms with Crippen molar-refractivity contribution in [3.63, 3.8) is 0 Å². The van der Waals surface area contributed by atoms with Crippen molar-refractivity contribution in [2.45, 2.75) is 33.1 Å². The lowest BCUT2D eigenvalue weighted by atomic mass is 10.1. The van der Waals surface area contributed by atoms with Crippen LogP contribution < -0.4 is 9.47 Å². The maximum absolute atomic E-state index is 11.3. The van der Waals surface area contributed by atoms with E-state index in [0.717, 1.165) is 5.56 Å². The van der Waals surface area contributed by atoms with Crippen LogP contribution in [0.15, 0.2) is 30.5 Å². The molecule has 0 heterocycles. The summed E-state index contributed by atoms with van der Waals surface area (Å²) in [5.74, 6) is 0.306. The predicted octanol–water partition coefficient (Wildman–Crippen LogP) is 3.02. The number of rotatable bonds is 7. The molecule has 1 aromatic carbocycles. The van der Waals surface area contributed by atoms with E-state index >= 15 is 0 Å². The molecule has 114 valence electrons. The Morgan fingerprint density at radius 2 is 1.81 bits per heavy atom. The van der Waals surface area contributed by atoms with E-state index in [-0.39, 0.29) is 11.9 Å². The van der Waals surface area contributed by atoms with Crippen LogP contribution in [0.2, 0.25) is 0 Å². The van der Waals surface area contributed by atoms with Crippen molar-refractivity contribution in [3.8, 4) is 11.5 Å². The third-order valence-corrected chi connectivity index (χ3v) is 2.68. The van der Waals surface area contributed by atoms with Gasteiger partial charge in [0, 0.05) is 12.8 Å². The van der Waals surface area contributed by atoms with E-state index in [1.807, 2.05) is 6.07 Å². The molecule has 0 amide bonds. The van der Waals surface area contributed by atoms with Crippen molar-refractivity contribution < 1.29 is 23.8 Å². The number of esters is 2. The highest BCUT2D eigenvalue weighted by Gasteiger charge is 2.09. The Labute approximate surface area is 124 Å². The highest BCUT2D eigenvalue weighted by atomic mass is 16.6. The maximum Gasteiger partial charge on any atom is 0.311 e. The number of allylic oxidation sites excluding steroid dienone is 1. The van der Waals surface area contributed by atoms with Gasteiger partial charge in [-0.15, -0.1) is 0 Å². The Balaban J connectivity index is 2.69. The van der Waals surface area contributed by atoms with Crippen LogP contribution in [0.25, 0.3) is 0 Å². The van der Waals surface area contributed by atoms with Gasteiger partial charge in [0.1, 0.15) is 0 Å². The molecule has 0 saturated heterocycles. The smallest absolute Gasteiger partial charge is 0.311 e. The minimum Gasteiger partial charge on any atom is -0.493 e. The van der Waals surface area contributed by atoms with Crippen LogP contribution in [0.5, 0.6) is 11.5 Å². The minimum absolute atomic E-state index is 0.273. The van der Waals surface area contributed by atoms with Gasteiger partial charge in [-0.1, -0.05) is 19.9 Å². The Morgan fingerprint density at radius 3 is 2.43 bits per heavy atom. The van der Waals surface area contributed by atoms with Gasteiger partial charge in [0.2, 0.25) is 0 Å². The molecule has 1 aromatic rings. The van der Waals surface area contributed by atoms with Gasteiger partial charge in [-0.25, -0.2) is 0 Å². The van der Waals surface area contributed by atoms with Crippen LogP contribution in [-0.4, -0.2) is 19.0 Å². The second kappa shape index (κ2) is 8.79. The van der Waals surface area contributed by atoms with E-state index in [2.05, 4.69) is 0 Å².